The Hall–Kier alpha value is -16.4. The van der Waals surface area contributed by atoms with Crippen LogP contribution < -0.4 is 0 Å². The summed E-state index contributed by atoms with van der Waals surface area (Å²) in [5, 5.41) is 18.9. The number of nitrogens with zero attached hydrogens (tertiary/aromatic N) is 9. The van der Waals surface area contributed by atoms with E-state index in [1.807, 2.05) is 60.7 Å². The van der Waals surface area contributed by atoms with E-state index < -0.39 is 0 Å². The maximum absolute atomic E-state index is 7.20. The third-order valence-corrected chi connectivity index (χ3v) is 26.1. The van der Waals surface area contributed by atoms with E-state index in [0.29, 0.717) is 23.5 Å². The van der Waals surface area contributed by atoms with Crippen LogP contribution in [0, 0.1) is 0 Å². The number of thiophene rings is 1. The summed E-state index contributed by atoms with van der Waals surface area (Å²) in [4.78, 5) is 26.1. The van der Waals surface area contributed by atoms with E-state index >= 15 is 0 Å². The lowest BCUT2D eigenvalue weighted by atomic mass is 10.0. The van der Waals surface area contributed by atoms with Gasteiger partial charge >= 0.3 is 0 Å². The molecule has 0 saturated carbocycles. The molecule has 27 aromatic rings. The van der Waals surface area contributed by atoms with Crippen LogP contribution in [0.3, 0.4) is 0 Å². The van der Waals surface area contributed by atoms with Gasteiger partial charge < -0.3 is 18.0 Å². The Balaban J connectivity index is 0.000000132. The smallest absolute Gasteiger partial charge is 0.238 e. The van der Waals surface area contributed by atoms with Crippen LogP contribution in [0.15, 0.2) is 403 Å². The summed E-state index contributed by atoms with van der Waals surface area (Å²) in [6.45, 7) is 0. The van der Waals surface area contributed by atoms with Gasteiger partial charge in [0.05, 0.1) is 82.2 Å². The van der Waals surface area contributed by atoms with Gasteiger partial charge in [0.2, 0.25) is 11.9 Å². The molecule has 0 fully saturated rings. The average molecular weight is 1590 g/mol. The number of rotatable bonds is 9. The van der Waals surface area contributed by atoms with E-state index in [9.17, 15) is 0 Å². The highest BCUT2D eigenvalue weighted by Gasteiger charge is 2.29. The number of para-hydroxylation sites is 4. The first-order valence-corrected chi connectivity index (χ1v) is 42.3. The summed E-state index contributed by atoms with van der Waals surface area (Å²) < 4.78 is 25.9. The zero-order valence-electron chi connectivity index (χ0n) is 65.8. The summed E-state index contributed by atoms with van der Waals surface area (Å²) in [5.41, 5.74) is 23.9. The average Bonchev–Trinajstić information content (AvgIpc) is 1.55. The zero-order chi connectivity index (χ0) is 80.5. The van der Waals surface area contributed by atoms with E-state index in [-0.39, 0.29) is 0 Å². The van der Waals surface area contributed by atoms with Crippen molar-refractivity contribution >= 4 is 184 Å². The second-order valence-electron chi connectivity index (χ2n) is 31.6. The summed E-state index contributed by atoms with van der Waals surface area (Å²) in [7, 11) is 0. The number of aromatic nitrogens is 9. The molecule has 572 valence electrons. The first-order valence-electron chi connectivity index (χ1n) is 41.4. The minimum absolute atomic E-state index is 0.545. The standard InChI is InChI=1S/C56H32N4OS.C55H33N5O/c1-3-15-33(16-4-1)35-27-29-46-42(31-35)37-20-9-12-24-44(37)59(46)48-32-43-39-28-30-47-50(54(39)61-53(43)38-21-8-7-19-36(38)48)40-22-10-13-25-45(40)60(47)56-57-51(34-17-5-2-6-18-34)55-52(58-56)41-23-11-14-26-49(41)62-55;1-4-16-34(17-5-1)37-28-30-47-43(32-37)39-23-12-14-26-45(39)59(47)49-33-44-41-29-31-48-50(52(41)61-51(44)40-24-11-10-22-38(40)49)42-25-13-15-27-46(42)60(48)55-57-53(35-18-6-2-7-19-35)56-54(58-55)36-20-8-3-9-21-36/h1-32H;1-33H. The van der Waals surface area contributed by atoms with Crippen LogP contribution in [0.5, 0.6) is 0 Å². The van der Waals surface area contributed by atoms with Gasteiger partial charge in [0.25, 0.3) is 0 Å². The predicted molar refractivity (Wildman–Crippen MR) is 509 cm³/mol. The topological polar surface area (TPSA) is 110 Å². The van der Waals surface area contributed by atoms with Crippen molar-refractivity contribution in [1.82, 2.24) is 43.2 Å². The molecule has 11 nitrogen and oxygen atoms in total. The van der Waals surface area contributed by atoms with E-state index in [0.717, 1.165) is 169 Å². The van der Waals surface area contributed by atoms with Gasteiger partial charge in [-0.15, -0.1) is 11.3 Å². The van der Waals surface area contributed by atoms with Crippen LogP contribution >= 0.6 is 11.3 Å². The van der Waals surface area contributed by atoms with E-state index in [2.05, 4.69) is 352 Å². The largest absolute Gasteiger partial charge is 0.455 e. The number of hydrogen-bond acceptors (Lipinski definition) is 8. The van der Waals surface area contributed by atoms with Crippen LogP contribution in [-0.2, 0) is 0 Å². The normalized spacial score (nSPS) is 12.1. The minimum Gasteiger partial charge on any atom is -0.455 e. The van der Waals surface area contributed by atoms with E-state index in [1.165, 1.54) is 59.5 Å². The highest BCUT2D eigenvalue weighted by molar-refractivity contribution is 7.26. The van der Waals surface area contributed by atoms with Gasteiger partial charge in [-0.25, -0.2) is 15.0 Å². The Kier molecular flexibility index (Phi) is 15.1. The number of furan rings is 2. The van der Waals surface area contributed by atoms with Crippen molar-refractivity contribution in [2.24, 2.45) is 0 Å². The fourth-order valence-electron chi connectivity index (χ4n) is 19.4. The van der Waals surface area contributed by atoms with Crippen molar-refractivity contribution in [3.63, 3.8) is 0 Å². The van der Waals surface area contributed by atoms with Gasteiger partial charge in [-0.2, -0.15) is 9.97 Å². The third kappa shape index (κ3) is 10.5. The molecule has 12 heteroatoms. The molecule has 9 aromatic heterocycles. The molecule has 0 bridgehead atoms. The monoisotopic (exact) mass is 1590 g/mol. The Bertz CT molecular complexity index is 9020. The van der Waals surface area contributed by atoms with E-state index in [4.69, 9.17) is 33.8 Å². The van der Waals surface area contributed by atoms with Crippen LogP contribution in [0.1, 0.15) is 0 Å². The Labute approximate surface area is 705 Å². The molecule has 0 N–H and O–H groups in total. The molecule has 0 aliphatic heterocycles. The molecular weight excluding hydrogens is 1520 g/mol. The van der Waals surface area contributed by atoms with Gasteiger partial charge in [-0.1, -0.05) is 303 Å². The molecule has 18 aromatic carbocycles. The van der Waals surface area contributed by atoms with Gasteiger partial charge in [0.15, 0.2) is 11.6 Å². The first-order chi connectivity index (χ1) is 61.0. The maximum Gasteiger partial charge on any atom is 0.238 e. The van der Waals surface area contributed by atoms with Crippen LogP contribution in [0.25, 0.3) is 253 Å². The highest BCUT2D eigenvalue weighted by atomic mass is 32.1. The van der Waals surface area contributed by atoms with Crippen molar-refractivity contribution in [2.45, 2.75) is 0 Å². The fourth-order valence-corrected chi connectivity index (χ4v) is 20.6. The van der Waals surface area contributed by atoms with Gasteiger partial charge in [0, 0.05) is 102 Å². The van der Waals surface area contributed by atoms with Crippen LogP contribution in [0.4, 0.5) is 0 Å². The maximum atomic E-state index is 7.20. The van der Waals surface area contributed by atoms with Crippen LogP contribution in [-0.4, -0.2) is 43.2 Å². The Morgan fingerprint density at radius 2 is 0.545 bits per heavy atom. The lowest BCUT2D eigenvalue weighted by Crippen LogP contribution is -2.06. The molecule has 27 rings (SSSR count). The van der Waals surface area contributed by atoms with Crippen LogP contribution in [0.2, 0.25) is 0 Å². The summed E-state index contributed by atoms with van der Waals surface area (Å²) >= 11 is 1.75. The molecule has 0 unspecified atom stereocenters. The first kappa shape index (κ1) is 68.6. The molecule has 0 spiro atoms. The van der Waals surface area contributed by atoms with Crippen molar-refractivity contribution in [1.29, 1.82) is 0 Å². The second-order valence-corrected chi connectivity index (χ2v) is 32.7. The number of fused-ring (bicyclic) bond motifs is 27. The number of hydrogen-bond donors (Lipinski definition) is 0. The summed E-state index contributed by atoms with van der Waals surface area (Å²) in [6.07, 6.45) is 0. The van der Waals surface area contributed by atoms with Gasteiger partial charge in [-0.3, -0.25) is 9.13 Å². The molecule has 0 radical (unpaired) electrons. The molecule has 0 amide bonds. The van der Waals surface area contributed by atoms with Gasteiger partial charge in [-0.05, 0) is 113 Å². The number of benzene rings is 18. The molecule has 0 aliphatic rings. The molecule has 0 saturated heterocycles. The molecule has 9 heterocycles. The molecule has 0 atom stereocenters. The summed E-state index contributed by atoms with van der Waals surface area (Å²) in [5.74, 6) is 2.40. The lowest BCUT2D eigenvalue weighted by molar-refractivity contribution is 0.676. The molecule has 123 heavy (non-hydrogen) atoms. The van der Waals surface area contributed by atoms with Crippen molar-refractivity contribution in [3.8, 4) is 79.6 Å². The Morgan fingerprint density at radius 1 is 0.203 bits per heavy atom. The third-order valence-electron chi connectivity index (χ3n) is 24.9. The lowest BCUT2D eigenvalue weighted by Gasteiger charge is -2.13. The fraction of sp³-hybridized carbons (Fsp3) is 0. The second kappa shape index (κ2) is 27.1. The summed E-state index contributed by atoms with van der Waals surface area (Å²) in [6, 6.07) is 140. The quantitative estimate of drug-likeness (QED) is 0.142. The van der Waals surface area contributed by atoms with Crippen molar-refractivity contribution < 1.29 is 8.83 Å². The Morgan fingerprint density at radius 3 is 1.00 bits per heavy atom. The zero-order valence-corrected chi connectivity index (χ0v) is 66.6. The van der Waals surface area contributed by atoms with Crippen molar-refractivity contribution in [3.05, 3.63) is 394 Å². The van der Waals surface area contributed by atoms with E-state index in [1.54, 1.807) is 11.3 Å². The predicted octanol–water partition coefficient (Wildman–Crippen LogP) is 29.5. The highest BCUT2D eigenvalue weighted by Crippen LogP contribution is 2.50. The molecule has 0 aliphatic carbocycles. The van der Waals surface area contributed by atoms with Gasteiger partial charge in [0.1, 0.15) is 22.3 Å². The minimum atomic E-state index is 0.545. The molecular formula is C111H65N9O2S. The van der Waals surface area contributed by atoms with Crippen molar-refractivity contribution in [2.75, 3.05) is 0 Å². The SMILES string of the molecule is c1ccc(-c2ccc3c(c2)c2ccccc2n3-c2cc3c4ccc5c(c6ccccc6n5-c5nc(-c6ccccc6)c6sc7ccccc7c6n5)c4oc3c3ccccc23)cc1.c1ccc(-c2ccc3c(c2)c2ccccc2n3-c2cc3c4ccc5c(c6ccccc6n5-c5nc(-c6ccccc6)nc(-c6ccccc6)n5)c4oc3c3ccccc23)cc1.